The average Bonchev–Trinajstić information content (AvgIpc) is 4.08. The van der Waals surface area contributed by atoms with E-state index in [0.29, 0.717) is 29.0 Å². The number of anilines is 1. The summed E-state index contributed by atoms with van der Waals surface area (Å²) in [6.45, 7) is 18.8. The third kappa shape index (κ3) is 13.9. The van der Waals surface area contributed by atoms with Gasteiger partial charge in [0.1, 0.15) is 70.5 Å². The number of hydrogen-bond donors (Lipinski definition) is 4. The Hall–Kier alpha value is -7.73. The number of ether oxygens (including phenoxy) is 5. The van der Waals surface area contributed by atoms with E-state index in [2.05, 4.69) is 26.1 Å². The molecule has 24 heteroatoms. The Kier molecular flexibility index (Phi) is 16.4. The summed E-state index contributed by atoms with van der Waals surface area (Å²) < 4.78 is 33.1. The fraction of sp³-hybridized carbons (Fsp3) is 0.423. The Balaban J connectivity index is 1.12. The van der Waals surface area contributed by atoms with E-state index in [9.17, 15) is 28.8 Å². The molecule has 0 radical (unpaired) electrons. The van der Waals surface area contributed by atoms with E-state index in [1.54, 1.807) is 106 Å². The number of alkyl carbamates (subject to hydrolysis) is 1. The van der Waals surface area contributed by atoms with Gasteiger partial charge in [0.2, 0.25) is 5.60 Å². The van der Waals surface area contributed by atoms with Gasteiger partial charge in [-0.05, 0) is 105 Å². The van der Waals surface area contributed by atoms with Crippen molar-refractivity contribution in [2.45, 2.75) is 130 Å². The van der Waals surface area contributed by atoms with Crippen LogP contribution in [0.2, 0.25) is 0 Å². The molecule has 404 valence electrons. The van der Waals surface area contributed by atoms with Crippen LogP contribution in [0.15, 0.2) is 95.0 Å². The molecule has 0 saturated carbocycles. The van der Waals surface area contributed by atoms with Gasteiger partial charge in [0.05, 0.1) is 25.9 Å². The van der Waals surface area contributed by atoms with Crippen molar-refractivity contribution in [2.75, 3.05) is 18.2 Å². The molecular weight excluding hydrogens is 1020 g/mol. The van der Waals surface area contributed by atoms with Crippen LogP contribution >= 0.6 is 23.1 Å². The number of carbonyl (C=O) groups excluding carboxylic acids is 6. The van der Waals surface area contributed by atoms with Crippen LogP contribution in [0.3, 0.4) is 0 Å². The molecule has 4 amide bonds. The van der Waals surface area contributed by atoms with Crippen molar-refractivity contribution in [1.82, 2.24) is 29.7 Å². The molecule has 1 fully saturated rings. The first kappa shape index (κ1) is 56.0. The average molecular weight is 1080 g/mol. The molecule has 4 N–H and O–H groups in total. The molecule has 0 aliphatic carbocycles. The second-order valence-corrected chi connectivity index (χ2v) is 23.1. The van der Waals surface area contributed by atoms with E-state index < -0.39 is 75.5 Å². The Morgan fingerprint density at radius 3 is 2.13 bits per heavy atom. The summed E-state index contributed by atoms with van der Waals surface area (Å²) in [5.74, 6) is -2.21. The highest BCUT2D eigenvalue weighted by Gasteiger charge is 2.55. The van der Waals surface area contributed by atoms with Gasteiger partial charge in [0, 0.05) is 16.7 Å². The molecule has 0 spiro atoms. The van der Waals surface area contributed by atoms with Gasteiger partial charge >= 0.3 is 29.8 Å². The molecule has 0 unspecified atom stereocenters. The first-order valence-corrected chi connectivity index (χ1v) is 26.0. The topological polar surface area (TPSA) is 259 Å². The zero-order valence-electron chi connectivity index (χ0n) is 44.4. The number of benzene rings is 2. The molecule has 7 rings (SSSR count). The highest BCUT2D eigenvalue weighted by molar-refractivity contribution is 8.00. The number of β-lactam (4-membered cyclic amide) rings is 1. The number of imidazole rings is 1. The van der Waals surface area contributed by atoms with Crippen LogP contribution < -0.4 is 25.3 Å². The Morgan fingerprint density at radius 1 is 0.842 bits per heavy atom. The number of aromatic nitrogens is 4. The molecule has 5 aromatic rings. The number of nitrogens with one attached hydrogen (secondary N) is 4. The van der Waals surface area contributed by atoms with Gasteiger partial charge < -0.3 is 33.8 Å². The highest BCUT2D eigenvalue weighted by atomic mass is 32.2. The third-order valence-corrected chi connectivity index (χ3v) is 13.1. The van der Waals surface area contributed by atoms with Crippen molar-refractivity contribution in [2.24, 2.45) is 5.16 Å². The monoisotopic (exact) mass is 1080 g/mol. The van der Waals surface area contributed by atoms with Crippen LogP contribution in [0.25, 0.3) is 5.65 Å². The molecule has 2 aliphatic heterocycles. The number of thioether (sulfide) groups is 1. The first-order chi connectivity index (χ1) is 35.6. The normalized spacial score (nSPS) is 16.0. The lowest BCUT2D eigenvalue weighted by Crippen LogP contribution is -2.71. The summed E-state index contributed by atoms with van der Waals surface area (Å²) in [6, 6.07) is 15.0. The molecule has 1 saturated heterocycles. The fourth-order valence-corrected chi connectivity index (χ4v) is 9.54. The molecule has 22 nitrogen and oxygen atoms in total. The highest BCUT2D eigenvalue weighted by Crippen LogP contribution is 2.41. The second-order valence-electron chi connectivity index (χ2n) is 21.2. The number of fused-ring (bicyclic) bond motifs is 2. The van der Waals surface area contributed by atoms with Crippen LogP contribution in [0.1, 0.15) is 98.5 Å². The van der Waals surface area contributed by atoms with Crippen LogP contribution in [0, 0.1) is 5.41 Å². The van der Waals surface area contributed by atoms with Crippen molar-refractivity contribution in [3.63, 3.8) is 0 Å². The van der Waals surface area contributed by atoms with Crippen LogP contribution in [-0.4, -0.2) is 113 Å². The first-order valence-electron chi connectivity index (χ1n) is 24.0. The maximum Gasteiger partial charge on any atom is 0.413 e. The smallest absolute Gasteiger partial charge is 0.413 e. The van der Waals surface area contributed by atoms with Gasteiger partial charge in [-0.3, -0.25) is 30.5 Å². The minimum Gasteiger partial charge on any atom is -0.497 e. The SMILES string of the molecule is COc1ccc(COC(=O)C2=C(Cn3ccc4n3cc[n+]4Cc3ccc(C(=N)NC(=O)OC(C)(C)C)cc3)CS[C@@H]3[C@H](NC(=O)/C(=N\OC(C)(C)C(=O)OC(C)(C)C)c4csc(NC(=O)OC(C)(C)C)n4)C(=O)N23)cc1. The van der Waals surface area contributed by atoms with E-state index in [0.717, 1.165) is 22.5 Å². The zero-order chi connectivity index (χ0) is 55.5. The summed E-state index contributed by atoms with van der Waals surface area (Å²) in [4.78, 5) is 92.5. The largest absolute Gasteiger partial charge is 0.497 e. The van der Waals surface area contributed by atoms with E-state index in [1.165, 1.54) is 35.9 Å². The maximum absolute atomic E-state index is 14.4. The second kappa shape index (κ2) is 22.2. The van der Waals surface area contributed by atoms with Crippen molar-refractivity contribution in [1.29, 1.82) is 5.41 Å². The van der Waals surface area contributed by atoms with Gasteiger partial charge in [-0.1, -0.05) is 41.6 Å². The number of oxime groups is 1. The van der Waals surface area contributed by atoms with Crippen LogP contribution in [0.5, 0.6) is 5.75 Å². The summed E-state index contributed by atoms with van der Waals surface area (Å²) >= 11 is 2.31. The van der Waals surface area contributed by atoms with Gasteiger partial charge in [-0.25, -0.2) is 33.4 Å². The predicted molar refractivity (Wildman–Crippen MR) is 282 cm³/mol. The third-order valence-electron chi connectivity index (χ3n) is 11.0. The van der Waals surface area contributed by atoms with Gasteiger partial charge in [0.25, 0.3) is 11.8 Å². The van der Waals surface area contributed by atoms with Gasteiger partial charge in [0.15, 0.2) is 17.0 Å². The molecule has 76 heavy (non-hydrogen) atoms. The lowest BCUT2D eigenvalue weighted by Gasteiger charge is -2.49. The summed E-state index contributed by atoms with van der Waals surface area (Å²) in [7, 11) is 1.55. The summed E-state index contributed by atoms with van der Waals surface area (Å²) in [5.41, 5.74) is -0.972. The van der Waals surface area contributed by atoms with Crippen molar-refractivity contribution < 1.29 is 61.9 Å². The van der Waals surface area contributed by atoms with Gasteiger partial charge in [-0.2, -0.15) is 0 Å². The quantitative estimate of drug-likeness (QED) is 0.0153. The van der Waals surface area contributed by atoms with E-state index in [-0.39, 0.29) is 41.3 Å². The number of amides is 4. The molecule has 0 bridgehead atoms. The number of amidine groups is 1. The van der Waals surface area contributed by atoms with Gasteiger partial charge in [-0.15, -0.1) is 27.6 Å². The van der Waals surface area contributed by atoms with E-state index in [1.807, 2.05) is 50.6 Å². The molecule has 2 aliphatic rings. The lowest BCUT2D eigenvalue weighted by atomic mass is 10.0. The lowest BCUT2D eigenvalue weighted by molar-refractivity contribution is -0.661. The van der Waals surface area contributed by atoms with Crippen LogP contribution in [0.4, 0.5) is 14.7 Å². The minimum absolute atomic E-state index is 0.0372. The summed E-state index contributed by atoms with van der Waals surface area (Å²) in [5, 5.41) is 20.9. The number of methoxy groups -OCH3 is 1. The van der Waals surface area contributed by atoms with E-state index >= 15 is 0 Å². The number of hydrogen-bond acceptors (Lipinski definition) is 17. The number of carbonyl (C=O) groups is 6. The number of rotatable bonds is 16. The molecule has 2 aromatic carbocycles. The Morgan fingerprint density at radius 2 is 1.49 bits per heavy atom. The number of thiazole rings is 1. The maximum atomic E-state index is 14.4. The summed E-state index contributed by atoms with van der Waals surface area (Å²) in [6.07, 6.45) is 4.15. The predicted octanol–water partition coefficient (Wildman–Crippen LogP) is 6.68. The fourth-order valence-electron chi connectivity index (χ4n) is 7.53. The minimum atomic E-state index is -1.69. The standard InChI is InChI=1S/C52H62N10O12S2/c1-49(2,3)71-45(66)52(10,11)74-58-37(35-29-76-46(54-35)57-48(68)73-51(7,8)9)41(63)55-38-42(64)62-39(44(65)70-27-31-15-19-34(69-12)20-16-31)33(28-75-43(38)62)26-60-22-21-36-59(23-24-61(36)60)25-30-13-17-32(18-14-30)40(53)56-47(67)72-50(4,5)6/h13-24,29,38,43H,25-28H2,1-12H3,(H3-,53,54,55,56,57,63,67,68)/p+1/b58-37-/t38-,43-/m1/s1. The molecule has 5 heterocycles. The number of esters is 2. The molecule has 2 atom stereocenters. The van der Waals surface area contributed by atoms with Crippen molar-refractivity contribution >= 4 is 81.4 Å². The van der Waals surface area contributed by atoms with Crippen LogP contribution in [-0.2, 0) is 62.7 Å². The van der Waals surface area contributed by atoms with Crippen molar-refractivity contribution in [3.05, 3.63) is 112 Å². The zero-order valence-corrected chi connectivity index (χ0v) is 46.0. The Labute approximate surface area is 447 Å². The van der Waals surface area contributed by atoms with Crippen molar-refractivity contribution in [3.8, 4) is 5.75 Å². The number of nitrogens with zero attached hydrogens (tertiary/aromatic N) is 6. The Bertz CT molecular complexity index is 3100. The molecule has 3 aromatic heterocycles. The van der Waals surface area contributed by atoms with E-state index in [4.69, 9.17) is 33.9 Å². The molecular formula is C52H63N10O12S2+.